The van der Waals surface area contributed by atoms with Crippen LogP contribution in [-0.2, 0) is 13.0 Å². The predicted octanol–water partition coefficient (Wildman–Crippen LogP) is 5.36. The average Bonchev–Trinajstić information content (AvgIpc) is 2.95. The lowest BCUT2D eigenvalue weighted by atomic mass is 9.99. The van der Waals surface area contributed by atoms with E-state index in [9.17, 15) is 9.90 Å². The van der Waals surface area contributed by atoms with Gasteiger partial charge in [0.05, 0.1) is 12.3 Å². The zero-order chi connectivity index (χ0) is 18.0. The highest BCUT2D eigenvalue weighted by atomic mass is 16.3. The topological polar surface area (TPSA) is 40.5 Å². The molecule has 3 nitrogen and oxygen atoms in total. The van der Waals surface area contributed by atoms with Gasteiger partial charge in [0.15, 0.2) is 0 Å². The second kappa shape index (κ2) is 7.14. The summed E-state index contributed by atoms with van der Waals surface area (Å²) >= 11 is 0. The first kappa shape index (κ1) is 17.3. The van der Waals surface area contributed by atoms with Crippen LogP contribution in [0, 0.1) is 0 Å². The third-order valence-electron chi connectivity index (χ3n) is 5.00. The molecule has 1 atom stereocenters. The molecule has 25 heavy (non-hydrogen) atoms. The van der Waals surface area contributed by atoms with E-state index < -0.39 is 0 Å². The van der Waals surface area contributed by atoms with E-state index in [1.165, 1.54) is 18.4 Å². The molecule has 130 valence electrons. The van der Waals surface area contributed by atoms with Crippen LogP contribution >= 0.6 is 0 Å². The minimum atomic E-state index is -0.110. The van der Waals surface area contributed by atoms with E-state index in [0.29, 0.717) is 6.54 Å². The van der Waals surface area contributed by atoms with Crippen molar-refractivity contribution in [2.24, 2.45) is 0 Å². The third-order valence-corrected chi connectivity index (χ3v) is 5.00. The minimum absolute atomic E-state index is 0.0596. The highest BCUT2D eigenvalue weighted by molar-refractivity contribution is 6.10. The van der Waals surface area contributed by atoms with Gasteiger partial charge in [-0.3, -0.25) is 4.79 Å². The number of hydrogen-bond acceptors (Lipinski definition) is 2. The highest BCUT2D eigenvalue weighted by Gasteiger charge is 2.28. The Labute approximate surface area is 149 Å². The molecule has 0 fully saturated rings. The summed E-state index contributed by atoms with van der Waals surface area (Å²) in [6.45, 7) is 8.31. The molecule has 3 rings (SSSR count). The van der Waals surface area contributed by atoms with Crippen molar-refractivity contribution < 1.29 is 9.90 Å². The Morgan fingerprint density at radius 1 is 1.24 bits per heavy atom. The normalized spacial score (nSPS) is 14.5. The molecule has 0 spiro atoms. The molecule has 0 aliphatic carbocycles. The number of rotatable bonds is 6. The number of aryl methyl sites for hydroxylation is 1. The molecule has 0 saturated heterocycles. The molecule has 3 heteroatoms. The van der Waals surface area contributed by atoms with Gasteiger partial charge in [0.2, 0.25) is 0 Å². The molecule has 2 aromatic rings. The van der Waals surface area contributed by atoms with Crippen molar-refractivity contribution >= 4 is 11.6 Å². The van der Waals surface area contributed by atoms with Crippen LogP contribution in [-0.4, -0.2) is 11.0 Å². The van der Waals surface area contributed by atoms with Crippen molar-refractivity contribution in [3.05, 3.63) is 77.1 Å². The number of fused-ring (bicyclic) bond motifs is 1. The van der Waals surface area contributed by atoms with Crippen molar-refractivity contribution in [1.82, 2.24) is 0 Å². The SMILES string of the molecule is C=C(O)C(C)c1ccc(N2Cc3cc(CCCC)ccc3C2=O)cc1. The second-order valence-electron chi connectivity index (χ2n) is 6.79. The number of carbonyl (C=O) groups excluding carboxylic acids is 1. The number of unbranched alkanes of at least 4 members (excludes halogenated alkanes) is 1. The van der Waals surface area contributed by atoms with Gasteiger partial charge in [0.1, 0.15) is 0 Å². The highest BCUT2D eigenvalue weighted by Crippen LogP contribution is 2.31. The van der Waals surface area contributed by atoms with Crippen LogP contribution in [0.15, 0.2) is 54.8 Å². The lowest BCUT2D eigenvalue weighted by Gasteiger charge is -2.17. The molecule has 1 heterocycles. The fraction of sp³-hybridized carbons (Fsp3) is 0.318. The smallest absolute Gasteiger partial charge is 0.258 e. The van der Waals surface area contributed by atoms with E-state index in [0.717, 1.165) is 28.8 Å². The van der Waals surface area contributed by atoms with Gasteiger partial charge < -0.3 is 10.0 Å². The molecule has 1 amide bonds. The van der Waals surface area contributed by atoms with Gasteiger partial charge >= 0.3 is 0 Å². The number of aliphatic hydroxyl groups excluding tert-OH is 1. The molecule has 1 unspecified atom stereocenters. The zero-order valence-electron chi connectivity index (χ0n) is 15.0. The molecule has 0 saturated carbocycles. The van der Waals surface area contributed by atoms with E-state index in [1.807, 2.05) is 42.2 Å². The van der Waals surface area contributed by atoms with E-state index >= 15 is 0 Å². The summed E-state index contributed by atoms with van der Waals surface area (Å²) in [4.78, 5) is 14.5. The Balaban J connectivity index is 1.80. The zero-order valence-corrected chi connectivity index (χ0v) is 15.0. The molecule has 0 bridgehead atoms. The number of hydrogen-bond donors (Lipinski definition) is 1. The van der Waals surface area contributed by atoms with Gasteiger partial charge in [-0.05, 0) is 47.7 Å². The summed E-state index contributed by atoms with van der Waals surface area (Å²) in [5.41, 5.74) is 5.10. The molecule has 0 radical (unpaired) electrons. The van der Waals surface area contributed by atoms with E-state index in [-0.39, 0.29) is 17.6 Å². The van der Waals surface area contributed by atoms with Crippen LogP contribution in [0.3, 0.4) is 0 Å². The maximum absolute atomic E-state index is 12.7. The van der Waals surface area contributed by atoms with Crippen LogP contribution in [0.25, 0.3) is 0 Å². The number of amides is 1. The first-order chi connectivity index (χ1) is 12.0. The molecular formula is C22H25NO2. The second-order valence-corrected chi connectivity index (χ2v) is 6.79. The number of allylic oxidation sites excluding steroid dienone is 1. The van der Waals surface area contributed by atoms with Crippen molar-refractivity contribution in [3.63, 3.8) is 0 Å². The summed E-state index contributed by atoms with van der Waals surface area (Å²) in [7, 11) is 0. The number of nitrogens with zero attached hydrogens (tertiary/aromatic N) is 1. The molecular weight excluding hydrogens is 310 g/mol. The Kier molecular flexibility index (Phi) is 4.93. The summed E-state index contributed by atoms with van der Waals surface area (Å²) in [6, 6.07) is 14.0. The maximum Gasteiger partial charge on any atom is 0.258 e. The fourth-order valence-electron chi connectivity index (χ4n) is 3.25. The summed E-state index contributed by atoms with van der Waals surface area (Å²) in [5, 5.41) is 9.54. The van der Waals surface area contributed by atoms with Crippen LogP contribution < -0.4 is 4.90 Å². The van der Waals surface area contributed by atoms with Crippen molar-refractivity contribution in [3.8, 4) is 0 Å². The first-order valence-corrected chi connectivity index (χ1v) is 8.92. The molecule has 1 aliphatic heterocycles. The fourth-order valence-corrected chi connectivity index (χ4v) is 3.25. The van der Waals surface area contributed by atoms with E-state index in [4.69, 9.17) is 0 Å². The molecule has 2 aromatic carbocycles. The largest absolute Gasteiger partial charge is 0.512 e. The Bertz CT molecular complexity index is 792. The molecule has 0 aromatic heterocycles. The van der Waals surface area contributed by atoms with E-state index in [2.05, 4.69) is 25.6 Å². The molecule has 1 N–H and O–H groups in total. The monoisotopic (exact) mass is 335 g/mol. The number of aliphatic hydroxyl groups is 1. The van der Waals surface area contributed by atoms with E-state index in [1.54, 1.807) is 0 Å². The van der Waals surface area contributed by atoms with Gasteiger partial charge in [-0.25, -0.2) is 0 Å². The van der Waals surface area contributed by atoms with Crippen molar-refractivity contribution in [2.45, 2.75) is 45.6 Å². The van der Waals surface area contributed by atoms with Gasteiger partial charge in [-0.1, -0.05) is 51.1 Å². The summed E-state index contributed by atoms with van der Waals surface area (Å²) in [5.74, 6) is 0.100. The van der Waals surface area contributed by atoms with Gasteiger partial charge in [0, 0.05) is 17.2 Å². The maximum atomic E-state index is 12.7. The van der Waals surface area contributed by atoms with Crippen LogP contribution in [0.5, 0.6) is 0 Å². The van der Waals surface area contributed by atoms with Crippen LogP contribution in [0.2, 0.25) is 0 Å². The van der Waals surface area contributed by atoms with Crippen LogP contribution in [0.1, 0.15) is 59.7 Å². The molecule has 1 aliphatic rings. The number of anilines is 1. The predicted molar refractivity (Wildman–Crippen MR) is 102 cm³/mol. The average molecular weight is 335 g/mol. The van der Waals surface area contributed by atoms with Crippen LogP contribution in [0.4, 0.5) is 5.69 Å². The Morgan fingerprint density at radius 3 is 2.60 bits per heavy atom. The quantitative estimate of drug-likeness (QED) is 0.721. The standard InChI is InChI=1S/C22H25NO2/c1-4-5-6-17-7-12-21-19(13-17)14-23(22(21)25)20-10-8-18(9-11-20)15(2)16(3)24/h7-13,15,24H,3-6,14H2,1-2H3. The lowest BCUT2D eigenvalue weighted by Crippen LogP contribution is -2.22. The first-order valence-electron chi connectivity index (χ1n) is 8.92. The Morgan fingerprint density at radius 2 is 1.96 bits per heavy atom. The number of benzene rings is 2. The van der Waals surface area contributed by atoms with Gasteiger partial charge in [0.25, 0.3) is 5.91 Å². The minimum Gasteiger partial charge on any atom is -0.512 e. The van der Waals surface area contributed by atoms with Gasteiger partial charge in [-0.15, -0.1) is 0 Å². The summed E-state index contributed by atoms with van der Waals surface area (Å²) in [6.07, 6.45) is 3.41. The summed E-state index contributed by atoms with van der Waals surface area (Å²) < 4.78 is 0. The van der Waals surface area contributed by atoms with Crippen molar-refractivity contribution in [2.75, 3.05) is 4.90 Å². The van der Waals surface area contributed by atoms with Crippen molar-refractivity contribution in [1.29, 1.82) is 0 Å². The lowest BCUT2D eigenvalue weighted by molar-refractivity contribution is 0.0996. The Hall–Kier alpha value is -2.55. The van der Waals surface area contributed by atoms with Gasteiger partial charge in [-0.2, -0.15) is 0 Å². The number of carbonyl (C=O) groups is 1. The third kappa shape index (κ3) is 3.46.